The molecule has 0 fully saturated rings. The minimum absolute atomic E-state index is 0.266. The second kappa shape index (κ2) is 6.43. The third-order valence-corrected chi connectivity index (χ3v) is 3.94. The first-order valence-electron chi connectivity index (χ1n) is 6.70. The van der Waals surface area contributed by atoms with E-state index in [0.29, 0.717) is 27.1 Å². The second-order valence-electron chi connectivity index (χ2n) is 4.90. The number of benzene rings is 2. The van der Waals surface area contributed by atoms with Crippen molar-refractivity contribution in [2.24, 2.45) is 0 Å². The summed E-state index contributed by atoms with van der Waals surface area (Å²) in [7, 11) is -3.74. The third kappa shape index (κ3) is 3.87. The van der Waals surface area contributed by atoms with Gasteiger partial charge in [-0.05, 0) is 48.5 Å². The van der Waals surface area contributed by atoms with Gasteiger partial charge in [-0.2, -0.15) is 13.4 Å². The van der Waals surface area contributed by atoms with Crippen LogP contribution in [0.5, 0.6) is 6.01 Å². The van der Waals surface area contributed by atoms with Gasteiger partial charge in [0.05, 0.1) is 11.9 Å². The maximum atomic E-state index is 11.3. The lowest BCUT2D eigenvalue weighted by Gasteiger charge is -2.05. The highest BCUT2D eigenvalue weighted by Gasteiger charge is 2.17. The van der Waals surface area contributed by atoms with Crippen molar-refractivity contribution in [2.45, 2.75) is 0 Å². The van der Waals surface area contributed by atoms with Crippen LogP contribution in [-0.4, -0.2) is 29.4 Å². The number of aromatic nitrogens is 3. The van der Waals surface area contributed by atoms with E-state index in [2.05, 4.69) is 10.1 Å². The number of halogens is 2. The average Bonchev–Trinajstić information content (AvgIpc) is 2.90. The lowest BCUT2D eigenvalue weighted by atomic mass is 10.2. The Morgan fingerprint density at radius 2 is 1.50 bits per heavy atom. The minimum Gasteiger partial charge on any atom is -0.342 e. The van der Waals surface area contributed by atoms with Gasteiger partial charge in [0.15, 0.2) is 5.82 Å². The van der Waals surface area contributed by atoms with Gasteiger partial charge in [-0.1, -0.05) is 23.2 Å². The smallest absolute Gasteiger partial charge is 0.342 e. The van der Waals surface area contributed by atoms with Crippen LogP contribution in [0.25, 0.3) is 17.1 Å². The Balaban J connectivity index is 2.14. The number of nitrogens with zero attached hydrogens (tertiary/aromatic N) is 3. The Bertz CT molecular complexity index is 905. The highest BCUT2D eigenvalue weighted by molar-refractivity contribution is 7.86. The first kappa shape index (κ1) is 16.8. The Labute approximate surface area is 148 Å². The van der Waals surface area contributed by atoms with Crippen molar-refractivity contribution in [1.82, 2.24) is 14.8 Å². The lowest BCUT2D eigenvalue weighted by molar-refractivity contribution is 0.470. The summed E-state index contributed by atoms with van der Waals surface area (Å²) in [6.45, 7) is 0. The summed E-state index contributed by atoms with van der Waals surface area (Å²) in [6.07, 6.45) is 0.929. The predicted octanol–water partition coefficient (Wildman–Crippen LogP) is 3.58. The predicted molar refractivity (Wildman–Crippen MR) is 92.3 cm³/mol. The molecule has 0 saturated carbocycles. The summed E-state index contributed by atoms with van der Waals surface area (Å²) in [5.74, 6) is 0.410. The van der Waals surface area contributed by atoms with E-state index in [4.69, 9.17) is 27.4 Å². The molecule has 0 bridgehead atoms. The van der Waals surface area contributed by atoms with Crippen LogP contribution >= 0.6 is 23.2 Å². The molecular formula is C15H11Cl2N3O3S. The van der Waals surface area contributed by atoms with Crippen molar-refractivity contribution in [3.63, 3.8) is 0 Å². The topological polar surface area (TPSA) is 74.1 Å². The molecule has 3 rings (SSSR count). The van der Waals surface area contributed by atoms with Crippen LogP contribution < -0.4 is 4.18 Å². The lowest BCUT2D eigenvalue weighted by Crippen LogP contribution is -2.07. The van der Waals surface area contributed by atoms with Gasteiger partial charge in [0.1, 0.15) is 0 Å². The molecule has 0 N–H and O–H groups in total. The summed E-state index contributed by atoms with van der Waals surface area (Å²) >= 11 is 11.8. The molecule has 0 saturated heterocycles. The van der Waals surface area contributed by atoms with Crippen LogP contribution in [0.3, 0.4) is 0 Å². The van der Waals surface area contributed by atoms with Crippen LogP contribution in [0.1, 0.15) is 0 Å². The highest BCUT2D eigenvalue weighted by Crippen LogP contribution is 2.26. The molecule has 3 aromatic rings. The molecule has 0 atom stereocenters. The minimum atomic E-state index is -3.74. The fraction of sp³-hybridized carbons (Fsp3) is 0.0667. The van der Waals surface area contributed by atoms with Gasteiger partial charge >= 0.3 is 16.1 Å². The summed E-state index contributed by atoms with van der Waals surface area (Å²) < 4.78 is 28.9. The van der Waals surface area contributed by atoms with Crippen molar-refractivity contribution in [3.05, 3.63) is 58.6 Å². The largest absolute Gasteiger partial charge is 0.352 e. The molecule has 1 aromatic heterocycles. The third-order valence-electron chi connectivity index (χ3n) is 2.99. The first-order chi connectivity index (χ1) is 11.3. The standard InChI is InChI=1S/C15H11Cl2N3O3S/c1-24(21,22)23-15-18-14(10-2-4-11(16)5-3-10)20(19-15)13-8-6-12(17)7-9-13/h2-9H,1H3. The van der Waals surface area contributed by atoms with E-state index in [0.717, 1.165) is 6.26 Å². The van der Waals surface area contributed by atoms with E-state index >= 15 is 0 Å². The van der Waals surface area contributed by atoms with Gasteiger partial charge < -0.3 is 4.18 Å². The van der Waals surface area contributed by atoms with E-state index in [1.54, 1.807) is 48.5 Å². The van der Waals surface area contributed by atoms with Gasteiger partial charge in [-0.3, -0.25) is 0 Å². The van der Waals surface area contributed by atoms with E-state index in [1.807, 2.05) is 0 Å². The van der Waals surface area contributed by atoms with Crippen LogP contribution in [0.15, 0.2) is 48.5 Å². The van der Waals surface area contributed by atoms with Crippen molar-refractivity contribution in [1.29, 1.82) is 0 Å². The summed E-state index contributed by atoms with van der Waals surface area (Å²) in [6, 6.07) is 13.5. The molecule has 124 valence electrons. The van der Waals surface area contributed by atoms with E-state index in [-0.39, 0.29) is 6.01 Å². The zero-order valence-corrected chi connectivity index (χ0v) is 14.7. The van der Waals surface area contributed by atoms with Crippen LogP contribution in [-0.2, 0) is 10.1 Å². The second-order valence-corrected chi connectivity index (χ2v) is 7.35. The van der Waals surface area contributed by atoms with Crippen molar-refractivity contribution in [3.8, 4) is 23.1 Å². The molecule has 0 aliphatic rings. The number of rotatable bonds is 4. The fourth-order valence-corrected chi connectivity index (χ4v) is 2.61. The Morgan fingerprint density at radius 3 is 2.04 bits per heavy atom. The van der Waals surface area contributed by atoms with Crippen molar-refractivity contribution >= 4 is 33.3 Å². The monoisotopic (exact) mass is 383 g/mol. The molecule has 0 amide bonds. The molecule has 9 heteroatoms. The summed E-state index contributed by atoms with van der Waals surface area (Å²) in [4.78, 5) is 4.17. The van der Waals surface area contributed by atoms with Gasteiger partial charge in [0.25, 0.3) is 0 Å². The maximum Gasteiger partial charge on any atom is 0.352 e. The van der Waals surface area contributed by atoms with E-state index < -0.39 is 10.1 Å². The van der Waals surface area contributed by atoms with E-state index in [9.17, 15) is 8.42 Å². The maximum absolute atomic E-state index is 11.3. The molecule has 0 aliphatic carbocycles. The van der Waals surface area contributed by atoms with Crippen molar-refractivity contribution < 1.29 is 12.6 Å². The van der Waals surface area contributed by atoms with Crippen molar-refractivity contribution in [2.75, 3.05) is 6.26 Å². The molecular weight excluding hydrogens is 373 g/mol. The molecule has 1 heterocycles. The Hall–Kier alpha value is -2.09. The van der Waals surface area contributed by atoms with Crippen LogP contribution in [0, 0.1) is 0 Å². The van der Waals surface area contributed by atoms with Gasteiger partial charge in [-0.15, -0.1) is 5.10 Å². The van der Waals surface area contributed by atoms with Crippen LogP contribution in [0.2, 0.25) is 10.0 Å². The molecule has 24 heavy (non-hydrogen) atoms. The quantitative estimate of drug-likeness (QED) is 0.643. The zero-order chi connectivity index (χ0) is 17.3. The average molecular weight is 384 g/mol. The number of hydrogen-bond acceptors (Lipinski definition) is 5. The molecule has 0 radical (unpaired) electrons. The van der Waals surface area contributed by atoms with Gasteiger partial charge in [-0.25, -0.2) is 4.68 Å². The molecule has 6 nitrogen and oxygen atoms in total. The zero-order valence-electron chi connectivity index (χ0n) is 12.3. The SMILES string of the molecule is CS(=O)(=O)Oc1nc(-c2ccc(Cl)cc2)n(-c2ccc(Cl)cc2)n1. The summed E-state index contributed by atoms with van der Waals surface area (Å²) in [5, 5.41) is 5.26. The normalized spacial score (nSPS) is 11.5. The highest BCUT2D eigenvalue weighted by atomic mass is 35.5. The Morgan fingerprint density at radius 1 is 0.958 bits per heavy atom. The van der Waals surface area contributed by atoms with Crippen LogP contribution in [0.4, 0.5) is 0 Å². The molecule has 0 spiro atoms. The van der Waals surface area contributed by atoms with Gasteiger partial charge in [0, 0.05) is 15.6 Å². The number of hydrogen-bond donors (Lipinski definition) is 0. The molecule has 0 aliphatic heterocycles. The first-order valence-corrected chi connectivity index (χ1v) is 9.27. The molecule has 0 unspecified atom stereocenters. The molecule has 2 aromatic carbocycles. The fourth-order valence-electron chi connectivity index (χ4n) is 2.01. The van der Waals surface area contributed by atoms with E-state index in [1.165, 1.54) is 4.68 Å². The Kier molecular flexibility index (Phi) is 4.49. The van der Waals surface area contributed by atoms with Gasteiger partial charge in [0.2, 0.25) is 0 Å². The summed E-state index contributed by atoms with van der Waals surface area (Å²) in [5.41, 5.74) is 1.35.